The molecule has 0 fully saturated rings. The molecular formula is C45H33OP. The monoisotopic (exact) mass is 620 g/mol. The Kier molecular flexibility index (Phi) is 6.20. The van der Waals surface area contributed by atoms with E-state index in [0.717, 1.165) is 15.9 Å². The highest BCUT2D eigenvalue weighted by atomic mass is 31.2. The minimum atomic E-state index is -3.08. The van der Waals surface area contributed by atoms with Crippen LogP contribution in [0.1, 0.15) is 25.0 Å². The predicted molar refractivity (Wildman–Crippen MR) is 201 cm³/mol. The molecule has 0 saturated carbocycles. The molecule has 0 unspecified atom stereocenters. The first-order valence-corrected chi connectivity index (χ1v) is 18.0. The normalized spacial score (nSPS) is 13.6. The summed E-state index contributed by atoms with van der Waals surface area (Å²) in [5, 5.41) is 10.3. The SMILES string of the molecule is CC1(C)c2cc(-c3ccc4c5ccccc5c5ccccc5c4c3)ccc2-c2ccc(P(=O)(c3ccccc3)c3ccccc3)cc21. The van der Waals surface area contributed by atoms with Crippen molar-refractivity contribution in [2.75, 3.05) is 0 Å². The van der Waals surface area contributed by atoms with Crippen molar-refractivity contribution in [1.29, 1.82) is 0 Å². The van der Waals surface area contributed by atoms with Crippen LogP contribution in [0.3, 0.4) is 0 Å². The summed E-state index contributed by atoms with van der Waals surface area (Å²) in [6.07, 6.45) is 0. The summed E-state index contributed by atoms with van der Waals surface area (Å²) in [6.45, 7) is 4.61. The lowest BCUT2D eigenvalue weighted by atomic mass is 9.81. The number of fused-ring (bicyclic) bond motifs is 9. The van der Waals surface area contributed by atoms with Crippen molar-refractivity contribution < 1.29 is 4.57 Å². The van der Waals surface area contributed by atoms with E-state index in [1.165, 1.54) is 65.7 Å². The molecule has 0 amide bonds. The molecule has 0 atom stereocenters. The second-order valence-electron chi connectivity index (χ2n) is 13.2. The molecule has 224 valence electrons. The van der Waals surface area contributed by atoms with Gasteiger partial charge in [-0.15, -0.1) is 0 Å². The first kappa shape index (κ1) is 28.0. The van der Waals surface area contributed by atoms with E-state index in [4.69, 9.17) is 0 Å². The van der Waals surface area contributed by atoms with Gasteiger partial charge in [-0.2, -0.15) is 0 Å². The molecule has 47 heavy (non-hydrogen) atoms. The van der Waals surface area contributed by atoms with Gasteiger partial charge in [-0.25, -0.2) is 0 Å². The fourth-order valence-electron chi connectivity index (χ4n) is 7.91. The van der Waals surface area contributed by atoms with Crippen LogP contribution in [0.4, 0.5) is 0 Å². The third-order valence-electron chi connectivity index (χ3n) is 10.3. The van der Waals surface area contributed by atoms with Crippen LogP contribution in [0, 0.1) is 0 Å². The van der Waals surface area contributed by atoms with Crippen LogP contribution in [-0.4, -0.2) is 0 Å². The Morgan fingerprint density at radius 3 is 1.38 bits per heavy atom. The van der Waals surface area contributed by atoms with E-state index in [9.17, 15) is 0 Å². The fraction of sp³-hybridized carbons (Fsp3) is 0.0667. The van der Waals surface area contributed by atoms with Crippen LogP contribution in [0.25, 0.3) is 54.6 Å². The predicted octanol–water partition coefficient (Wildman–Crippen LogP) is 10.8. The van der Waals surface area contributed by atoms with Crippen molar-refractivity contribution in [3.63, 3.8) is 0 Å². The van der Waals surface area contributed by atoms with E-state index in [0.29, 0.717) is 0 Å². The molecular weight excluding hydrogens is 587 g/mol. The molecule has 0 radical (unpaired) electrons. The summed E-state index contributed by atoms with van der Waals surface area (Å²) in [4.78, 5) is 0. The Morgan fingerprint density at radius 2 is 0.809 bits per heavy atom. The average molecular weight is 621 g/mol. The van der Waals surface area contributed by atoms with E-state index in [-0.39, 0.29) is 5.41 Å². The first-order valence-electron chi connectivity index (χ1n) is 16.3. The van der Waals surface area contributed by atoms with Gasteiger partial charge in [0.15, 0.2) is 7.14 Å². The highest BCUT2D eigenvalue weighted by Crippen LogP contribution is 2.52. The molecule has 2 heteroatoms. The van der Waals surface area contributed by atoms with Crippen LogP contribution in [0.15, 0.2) is 164 Å². The molecule has 0 aliphatic heterocycles. The molecule has 0 saturated heterocycles. The summed E-state index contributed by atoms with van der Waals surface area (Å²) < 4.78 is 15.2. The molecule has 1 aliphatic rings. The van der Waals surface area contributed by atoms with Gasteiger partial charge >= 0.3 is 0 Å². The lowest BCUT2D eigenvalue weighted by Gasteiger charge is -2.25. The Morgan fingerprint density at radius 1 is 0.383 bits per heavy atom. The summed E-state index contributed by atoms with van der Waals surface area (Å²) in [5.74, 6) is 0. The molecule has 0 N–H and O–H groups in total. The number of hydrogen-bond acceptors (Lipinski definition) is 1. The van der Waals surface area contributed by atoms with Gasteiger partial charge in [0.25, 0.3) is 0 Å². The number of hydrogen-bond donors (Lipinski definition) is 0. The van der Waals surface area contributed by atoms with Crippen molar-refractivity contribution in [3.8, 4) is 22.3 Å². The minimum Gasteiger partial charge on any atom is -0.309 e. The lowest BCUT2D eigenvalue weighted by molar-refractivity contribution is 0.592. The Balaban J connectivity index is 1.18. The summed E-state index contributed by atoms with van der Waals surface area (Å²) >= 11 is 0. The van der Waals surface area contributed by atoms with E-state index >= 15 is 4.57 Å². The second-order valence-corrected chi connectivity index (χ2v) is 16.0. The van der Waals surface area contributed by atoms with Crippen LogP contribution in [-0.2, 0) is 9.98 Å². The third-order valence-corrected chi connectivity index (χ3v) is 13.4. The van der Waals surface area contributed by atoms with Crippen molar-refractivity contribution in [2.24, 2.45) is 0 Å². The van der Waals surface area contributed by atoms with Gasteiger partial charge in [-0.3, -0.25) is 0 Å². The van der Waals surface area contributed by atoms with E-state index in [2.05, 4.69) is 117 Å². The van der Waals surface area contributed by atoms with Gasteiger partial charge in [0, 0.05) is 21.3 Å². The van der Waals surface area contributed by atoms with Crippen LogP contribution < -0.4 is 15.9 Å². The highest BCUT2D eigenvalue weighted by molar-refractivity contribution is 7.85. The van der Waals surface area contributed by atoms with Gasteiger partial charge in [0.2, 0.25) is 0 Å². The zero-order valence-electron chi connectivity index (χ0n) is 26.4. The molecule has 0 spiro atoms. The van der Waals surface area contributed by atoms with Crippen LogP contribution >= 0.6 is 7.14 Å². The molecule has 8 aromatic rings. The fourth-order valence-corrected chi connectivity index (χ4v) is 10.6. The molecule has 1 aliphatic carbocycles. The first-order chi connectivity index (χ1) is 22.9. The summed E-state index contributed by atoms with van der Waals surface area (Å²) in [5.41, 5.74) is 7.18. The third kappa shape index (κ3) is 4.13. The highest BCUT2D eigenvalue weighted by Gasteiger charge is 2.38. The van der Waals surface area contributed by atoms with Crippen LogP contribution in [0.5, 0.6) is 0 Å². The van der Waals surface area contributed by atoms with Crippen LogP contribution in [0.2, 0.25) is 0 Å². The Labute approximate surface area is 275 Å². The largest absolute Gasteiger partial charge is 0.309 e. The molecule has 8 aromatic carbocycles. The van der Waals surface area contributed by atoms with E-state index in [1.54, 1.807) is 0 Å². The van der Waals surface area contributed by atoms with Crippen molar-refractivity contribution >= 4 is 55.4 Å². The molecule has 0 heterocycles. The van der Waals surface area contributed by atoms with Gasteiger partial charge in [-0.1, -0.05) is 159 Å². The number of rotatable bonds is 4. The number of benzene rings is 8. The average Bonchev–Trinajstić information content (AvgIpc) is 3.37. The smallest absolute Gasteiger partial charge is 0.171 e. The standard InChI is InChI=1S/C45H33OP/c1-45(2)43-28-31(30-21-24-39-37-19-10-9-17-35(37)36-18-11-12-20-38(36)42(39)27-30)22-25-40(43)41-26-23-34(29-44(41)45)47(46,32-13-5-3-6-14-32)33-15-7-4-8-16-33/h3-29H,1-2H3. The van der Waals surface area contributed by atoms with Crippen molar-refractivity contribution in [2.45, 2.75) is 19.3 Å². The maximum atomic E-state index is 15.2. The summed E-state index contributed by atoms with van der Waals surface area (Å²) in [6, 6.07) is 57.8. The zero-order valence-corrected chi connectivity index (χ0v) is 27.3. The van der Waals surface area contributed by atoms with E-state index in [1.807, 2.05) is 60.7 Å². The van der Waals surface area contributed by atoms with Gasteiger partial charge in [0.1, 0.15) is 0 Å². The lowest BCUT2D eigenvalue weighted by Crippen LogP contribution is -2.26. The van der Waals surface area contributed by atoms with Gasteiger partial charge in [-0.05, 0) is 83.9 Å². The Bertz CT molecular complexity index is 2480. The molecule has 1 nitrogen and oxygen atoms in total. The quantitative estimate of drug-likeness (QED) is 0.141. The topological polar surface area (TPSA) is 17.1 Å². The second kappa shape index (κ2) is 10.4. The molecule has 9 rings (SSSR count). The Hall–Kier alpha value is -5.23. The van der Waals surface area contributed by atoms with Crippen molar-refractivity contribution in [3.05, 3.63) is 175 Å². The minimum absolute atomic E-state index is 0.255. The molecule has 0 aromatic heterocycles. The van der Waals surface area contributed by atoms with E-state index < -0.39 is 7.14 Å². The summed E-state index contributed by atoms with van der Waals surface area (Å²) in [7, 11) is -3.08. The maximum absolute atomic E-state index is 15.2. The maximum Gasteiger partial charge on any atom is 0.171 e. The van der Waals surface area contributed by atoms with Gasteiger partial charge < -0.3 is 4.57 Å². The zero-order chi connectivity index (χ0) is 31.8. The van der Waals surface area contributed by atoms with Crippen molar-refractivity contribution in [1.82, 2.24) is 0 Å². The van der Waals surface area contributed by atoms with Gasteiger partial charge in [0.05, 0.1) is 0 Å². The molecule has 0 bridgehead atoms.